The van der Waals surface area contributed by atoms with Gasteiger partial charge in [0.05, 0.1) is 24.0 Å². The van der Waals surface area contributed by atoms with Crippen LogP contribution < -0.4 is 10.9 Å². The second-order valence-electron chi connectivity index (χ2n) is 4.95. The quantitative estimate of drug-likeness (QED) is 0.807. The monoisotopic (exact) mass is 287 g/mol. The van der Waals surface area contributed by atoms with E-state index in [1.807, 2.05) is 13.8 Å². The predicted octanol–water partition coefficient (Wildman–Crippen LogP) is 2.27. The highest BCUT2D eigenvalue weighted by molar-refractivity contribution is 6.32. The molecular formula is C13H22ClN3O2. The van der Waals surface area contributed by atoms with Gasteiger partial charge < -0.3 is 10.4 Å². The molecule has 5 nitrogen and oxygen atoms in total. The number of unbranched alkanes of at least 4 members (excludes halogenated alkanes) is 1. The standard InChI is InChI=1S/C13H22ClN3O2/c1-4-6-7-17-12(19)11(14)10(8-15-17)16-13(3,5-2)9-18/h8,16,18H,4-7,9H2,1-3H3. The molecule has 0 aliphatic rings. The van der Waals surface area contributed by atoms with E-state index in [0.29, 0.717) is 18.7 Å². The molecule has 19 heavy (non-hydrogen) atoms. The third kappa shape index (κ3) is 3.94. The zero-order chi connectivity index (χ0) is 14.5. The van der Waals surface area contributed by atoms with E-state index < -0.39 is 5.54 Å². The van der Waals surface area contributed by atoms with E-state index in [1.165, 1.54) is 4.68 Å². The first-order valence-corrected chi connectivity index (χ1v) is 7.00. The number of aryl methyl sites for hydroxylation is 1. The van der Waals surface area contributed by atoms with Crippen molar-refractivity contribution in [2.75, 3.05) is 11.9 Å². The summed E-state index contributed by atoms with van der Waals surface area (Å²) in [5.41, 5.74) is -0.331. The molecule has 0 saturated carbocycles. The van der Waals surface area contributed by atoms with E-state index in [0.717, 1.165) is 12.8 Å². The lowest BCUT2D eigenvalue weighted by Crippen LogP contribution is -2.39. The Morgan fingerprint density at radius 1 is 1.53 bits per heavy atom. The summed E-state index contributed by atoms with van der Waals surface area (Å²) in [6.45, 7) is 6.40. The zero-order valence-electron chi connectivity index (χ0n) is 11.7. The first kappa shape index (κ1) is 16.0. The van der Waals surface area contributed by atoms with Gasteiger partial charge in [0, 0.05) is 6.54 Å². The van der Waals surface area contributed by atoms with E-state index >= 15 is 0 Å². The minimum atomic E-state index is -0.507. The van der Waals surface area contributed by atoms with Gasteiger partial charge in [-0.25, -0.2) is 4.68 Å². The molecule has 1 atom stereocenters. The fraction of sp³-hybridized carbons (Fsp3) is 0.692. The molecule has 0 radical (unpaired) electrons. The summed E-state index contributed by atoms with van der Waals surface area (Å²) in [6, 6.07) is 0. The van der Waals surface area contributed by atoms with E-state index in [-0.39, 0.29) is 17.2 Å². The number of hydrogen-bond donors (Lipinski definition) is 2. The van der Waals surface area contributed by atoms with Gasteiger partial charge >= 0.3 is 0 Å². The summed E-state index contributed by atoms with van der Waals surface area (Å²) in [5.74, 6) is 0. The average molecular weight is 288 g/mol. The number of aromatic nitrogens is 2. The Hall–Kier alpha value is -1.07. The molecule has 0 aromatic carbocycles. The number of halogens is 1. The number of aliphatic hydroxyl groups is 1. The van der Waals surface area contributed by atoms with Crippen LogP contribution in [0.25, 0.3) is 0 Å². The van der Waals surface area contributed by atoms with Crippen LogP contribution in [0, 0.1) is 0 Å². The first-order valence-electron chi connectivity index (χ1n) is 6.62. The molecule has 0 amide bonds. The van der Waals surface area contributed by atoms with Gasteiger partial charge in [0.15, 0.2) is 0 Å². The average Bonchev–Trinajstić information content (AvgIpc) is 2.43. The van der Waals surface area contributed by atoms with Crippen molar-refractivity contribution in [2.24, 2.45) is 0 Å². The number of nitrogens with one attached hydrogen (secondary N) is 1. The molecule has 1 heterocycles. The van der Waals surface area contributed by atoms with Gasteiger partial charge in [-0.2, -0.15) is 5.10 Å². The van der Waals surface area contributed by atoms with E-state index in [9.17, 15) is 9.90 Å². The Kier molecular flexibility index (Phi) is 5.82. The number of anilines is 1. The lowest BCUT2D eigenvalue weighted by molar-refractivity contribution is 0.219. The minimum Gasteiger partial charge on any atom is -0.394 e. The highest BCUT2D eigenvalue weighted by Crippen LogP contribution is 2.22. The molecule has 0 bridgehead atoms. The maximum absolute atomic E-state index is 12.0. The third-order valence-electron chi connectivity index (χ3n) is 3.27. The molecule has 0 aliphatic carbocycles. The van der Waals surface area contributed by atoms with Crippen molar-refractivity contribution < 1.29 is 5.11 Å². The Balaban J connectivity index is 2.99. The van der Waals surface area contributed by atoms with Crippen molar-refractivity contribution in [3.8, 4) is 0 Å². The van der Waals surface area contributed by atoms with Crippen LogP contribution in [0.2, 0.25) is 5.02 Å². The summed E-state index contributed by atoms with van der Waals surface area (Å²) in [5, 5.41) is 16.7. The van der Waals surface area contributed by atoms with E-state index in [1.54, 1.807) is 6.20 Å². The smallest absolute Gasteiger partial charge is 0.287 e. The van der Waals surface area contributed by atoms with Crippen LogP contribution in [-0.2, 0) is 6.54 Å². The molecule has 2 N–H and O–H groups in total. The molecule has 6 heteroatoms. The fourth-order valence-electron chi connectivity index (χ4n) is 1.58. The van der Waals surface area contributed by atoms with Crippen molar-refractivity contribution in [1.29, 1.82) is 0 Å². The first-order chi connectivity index (χ1) is 8.97. The van der Waals surface area contributed by atoms with Crippen LogP contribution in [0.3, 0.4) is 0 Å². The third-order valence-corrected chi connectivity index (χ3v) is 3.64. The van der Waals surface area contributed by atoms with Gasteiger partial charge in [-0.1, -0.05) is 31.9 Å². The number of aliphatic hydroxyl groups excluding tert-OH is 1. The molecule has 0 saturated heterocycles. The predicted molar refractivity (Wildman–Crippen MR) is 77.8 cm³/mol. The fourth-order valence-corrected chi connectivity index (χ4v) is 1.78. The second-order valence-corrected chi connectivity index (χ2v) is 5.33. The van der Waals surface area contributed by atoms with Crippen LogP contribution >= 0.6 is 11.6 Å². The summed E-state index contributed by atoms with van der Waals surface area (Å²) < 4.78 is 1.37. The lowest BCUT2D eigenvalue weighted by atomic mass is 10.00. The van der Waals surface area contributed by atoms with Crippen LogP contribution in [-0.4, -0.2) is 27.0 Å². The molecule has 108 valence electrons. The minimum absolute atomic E-state index is 0.0429. The van der Waals surface area contributed by atoms with Crippen LogP contribution in [0.4, 0.5) is 5.69 Å². The Labute approximate surface area is 118 Å². The Morgan fingerprint density at radius 3 is 2.74 bits per heavy atom. The molecule has 1 rings (SSSR count). The van der Waals surface area contributed by atoms with E-state index in [2.05, 4.69) is 17.3 Å². The largest absolute Gasteiger partial charge is 0.394 e. The maximum atomic E-state index is 12.0. The lowest BCUT2D eigenvalue weighted by Gasteiger charge is -2.28. The Morgan fingerprint density at radius 2 is 2.21 bits per heavy atom. The summed E-state index contributed by atoms with van der Waals surface area (Å²) >= 11 is 6.08. The molecule has 0 aliphatic heterocycles. The molecule has 0 fully saturated rings. The van der Waals surface area contributed by atoms with Gasteiger partial charge in [0.25, 0.3) is 5.56 Å². The molecule has 0 spiro atoms. The van der Waals surface area contributed by atoms with Crippen molar-refractivity contribution in [3.05, 3.63) is 21.6 Å². The molecular weight excluding hydrogens is 266 g/mol. The number of rotatable bonds is 7. The summed E-state index contributed by atoms with van der Waals surface area (Å²) in [6.07, 6.45) is 4.13. The van der Waals surface area contributed by atoms with Gasteiger partial charge in [-0.3, -0.25) is 4.79 Å². The maximum Gasteiger partial charge on any atom is 0.287 e. The van der Waals surface area contributed by atoms with Gasteiger partial charge in [-0.15, -0.1) is 0 Å². The van der Waals surface area contributed by atoms with Gasteiger partial charge in [-0.05, 0) is 19.8 Å². The van der Waals surface area contributed by atoms with Crippen molar-refractivity contribution in [1.82, 2.24) is 9.78 Å². The van der Waals surface area contributed by atoms with Gasteiger partial charge in [0.1, 0.15) is 5.02 Å². The van der Waals surface area contributed by atoms with Crippen LogP contribution in [0.5, 0.6) is 0 Å². The normalized spacial score (nSPS) is 14.2. The highest BCUT2D eigenvalue weighted by Gasteiger charge is 2.22. The van der Waals surface area contributed by atoms with Crippen LogP contribution in [0.1, 0.15) is 40.0 Å². The van der Waals surface area contributed by atoms with Crippen LogP contribution in [0.15, 0.2) is 11.0 Å². The SMILES string of the molecule is CCCCn1ncc(NC(C)(CC)CO)c(Cl)c1=O. The van der Waals surface area contributed by atoms with Crippen molar-refractivity contribution in [3.63, 3.8) is 0 Å². The second kappa shape index (κ2) is 6.91. The molecule has 1 aromatic heterocycles. The molecule has 1 aromatic rings. The van der Waals surface area contributed by atoms with Crippen molar-refractivity contribution >= 4 is 17.3 Å². The zero-order valence-corrected chi connectivity index (χ0v) is 12.5. The Bertz CT molecular complexity index is 469. The summed E-state index contributed by atoms with van der Waals surface area (Å²) in [7, 11) is 0. The number of hydrogen-bond acceptors (Lipinski definition) is 4. The highest BCUT2D eigenvalue weighted by atomic mass is 35.5. The summed E-state index contributed by atoms with van der Waals surface area (Å²) in [4.78, 5) is 12.0. The number of nitrogens with zero attached hydrogens (tertiary/aromatic N) is 2. The van der Waals surface area contributed by atoms with E-state index in [4.69, 9.17) is 11.6 Å². The van der Waals surface area contributed by atoms with Gasteiger partial charge in [0.2, 0.25) is 0 Å². The molecule has 1 unspecified atom stereocenters. The van der Waals surface area contributed by atoms with Crippen molar-refractivity contribution in [2.45, 2.75) is 52.1 Å². The topological polar surface area (TPSA) is 67.2 Å².